The largest absolute Gasteiger partial charge is 0.339 e. The minimum atomic E-state index is -2.95. The fourth-order valence-corrected chi connectivity index (χ4v) is 4.85. The Morgan fingerprint density at radius 1 is 1.03 bits per heavy atom. The standard InChI is InChI=1S/C22H21N7O2S/c23-12-15-3-4-24-20(9-15)28-21-11-17(16-1-2-16)10-19(27-21)18-13-25-22(26-14-18)29-5-7-32(30,31)8-6-29/h3-4,9-11,13-14,16H,1-2,5-8H2,(H,24,27,28). The minimum Gasteiger partial charge on any atom is -0.339 e. The van der Waals surface area contributed by atoms with Gasteiger partial charge < -0.3 is 10.2 Å². The van der Waals surface area contributed by atoms with Gasteiger partial charge in [0.2, 0.25) is 5.95 Å². The molecule has 1 saturated carbocycles. The van der Waals surface area contributed by atoms with E-state index in [-0.39, 0.29) is 11.5 Å². The molecule has 1 aliphatic carbocycles. The van der Waals surface area contributed by atoms with E-state index in [0.29, 0.717) is 42.2 Å². The molecule has 5 rings (SSSR count). The summed E-state index contributed by atoms with van der Waals surface area (Å²) in [5, 5.41) is 12.3. The second-order valence-electron chi connectivity index (χ2n) is 8.02. The topological polar surface area (TPSA) is 125 Å². The maximum absolute atomic E-state index is 11.7. The van der Waals surface area contributed by atoms with E-state index in [1.165, 1.54) is 5.56 Å². The van der Waals surface area contributed by atoms with Crippen molar-refractivity contribution in [1.29, 1.82) is 5.26 Å². The Morgan fingerprint density at radius 2 is 1.78 bits per heavy atom. The molecule has 1 saturated heterocycles. The molecule has 3 aromatic rings. The van der Waals surface area contributed by atoms with Crippen LogP contribution in [0.15, 0.2) is 42.9 Å². The van der Waals surface area contributed by atoms with E-state index < -0.39 is 9.84 Å². The highest BCUT2D eigenvalue weighted by Crippen LogP contribution is 2.42. The van der Waals surface area contributed by atoms with Crippen LogP contribution in [0.2, 0.25) is 0 Å². The van der Waals surface area contributed by atoms with Crippen LogP contribution in [0.1, 0.15) is 29.9 Å². The monoisotopic (exact) mass is 447 g/mol. The average Bonchev–Trinajstić information content (AvgIpc) is 3.65. The molecule has 2 aliphatic rings. The molecule has 0 aromatic carbocycles. The van der Waals surface area contributed by atoms with Crippen molar-refractivity contribution in [2.24, 2.45) is 0 Å². The third kappa shape index (κ3) is 4.53. The molecule has 10 heteroatoms. The summed E-state index contributed by atoms with van der Waals surface area (Å²) < 4.78 is 23.3. The lowest BCUT2D eigenvalue weighted by Gasteiger charge is -2.26. The van der Waals surface area contributed by atoms with Crippen molar-refractivity contribution in [3.63, 3.8) is 0 Å². The molecule has 0 amide bonds. The molecule has 32 heavy (non-hydrogen) atoms. The van der Waals surface area contributed by atoms with Gasteiger partial charge >= 0.3 is 0 Å². The van der Waals surface area contributed by atoms with E-state index in [1.54, 1.807) is 30.7 Å². The second kappa shape index (κ2) is 8.16. The lowest BCUT2D eigenvalue weighted by Crippen LogP contribution is -2.41. The Bertz CT molecular complexity index is 1280. The van der Waals surface area contributed by atoms with Crippen LogP contribution in [0, 0.1) is 11.3 Å². The highest BCUT2D eigenvalue weighted by molar-refractivity contribution is 7.91. The van der Waals surface area contributed by atoms with E-state index in [2.05, 4.69) is 32.4 Å². The maximum atomic E-state index is 11.7. The van der Waals surface area contributed by atoms with Gasteiger partial charge in [-0.3, -0.25) is 0 Å². The highest BCUT2D eigenvalue weighted by atomic mass is 32.2. The first-order valence-corrected chi connectivity index (χ1v) is 12.2. The predicted octanol–water partition coefficient (Wildman–Crippen LogP) is 2.66. The molecule has 0 unspecified atom stereocenters. The van der Waals surface area contributed by atoms with Crippen molar-refractivity contribution in [3.05, 3.63) is 54.0 Å². The number of nitrogens with one attached hydrogen (secondary N) is 1. The smallest absolute Gasteiger partial charge is 0.225 e. The number of pyridine rings is 2. The van der Waals surface area contributed by atoms with Gasteiger partial charge in [0, 0.05) is 37.2 Å². The van der Waals surface area contributed by atoms with E-state index in [0.717, 1.165) is 24.1 Å². The van der Waals surface area contributed by atoms with Gasteiger partial charge in [0.05, 0.1) is 28.8 Å². The minimum absolute atomic E-state index is 0.124. The Hall–Kier alpha value is -3.58. The zero-order chi connectivity index (χ0) is 22.1. The molecule has 1 N–H and O–H groups in total. The molecular weight excluding hydrogens is 426 g/mol. The first kappa shape index (κ1) is 20.3. The Morgan fingerprint density at radius 3 is 2.47 bits per heavy atom. The Labute approximate surface area is 186 Å². The molecule has 0 bridgehead atoms. The van der Waals surface area contributed by atoms with Crippen molar-refractivity contribution in [3.8, 4) is 17.3 Å². The zero-order valence-electron chi connectivity index (χ0n) is 17.3. The quantitative estimate of drug-likeness (QED) is 0.628. The van der Waals surface area contributed by atoms with Crippen LogP contribution >= 0.6 is 0 Å². The van der Waals surface area contributed by atoms with Crippen molar-refractivity contribution in [2.75, 3.05) is 34.8 Å². The summed E-state index contributed by atoms with van der Waals surface area (Å²) in [6, 6.07) is 9.53. The molecule has 0 radical (unpaired) electrons. The second-order valence-corrected chi connectivity index (χ2v) is 10.3. The van der Waals surface area contributed by atoms with Gasteiger partial charge in [0.1, 0.15) is 11.6 Å². The van der Waals surface area contributed by atoms with Gasteiger partial charge in [-0.2, -0.15) is 5.26 Å². The van der Waals surface area contributed by atoms with E-state index in [4.69, 9.17) is 10.2 Å². The number of anilines is 3. The molecule has 9 nitrogen and oxygen atoms in total. The van der Waals surface area contributed by atoms with Crippen LogP contribution in [-0.2, 0) is 9.84 Å². The van der Waals surface area contributed by atoms with Gasteiger partial charge in [-0.15, -0.1) is 0 Å². The number of nitriles is 1. The lowest BCUT2D eigenvalue weighted by atomic mass is 10.1. The average molecular weight is 448 g/mol. The Kier molecular flexibility index (Phi) is 5.19. The predicted molar refractivity (Wildman–Crippen MR) is 120 cm³/mol. The number of aromatic nitrogens is 4. The normalized spacial score (nSPS) is 17.5. The lowest BCUT2D eigenvalue weighted by molar-refractivity contribution is 0.585. The van der Waals surface area contributed by atoms with Crippen LogP contribution in [0.3, 0.4) is 0 Å². The van der Waals surface area contributed by atoms with Crippen molar-refractivity contribution in [1.82, 2.24) is 19.9 Å². The van der Waals surface area contributed by atoms with Crippen LogP contribution in [0.25, 0.3) is 11.3 Å². The van der Waals surface area contributed by atoms with Crippen molar-refractivity contribution < 1.29 is 8.42 Å². The third-order valence-corrected chi connectivity index (χ3v) is 7.21. The van der Waals surface area contributed by atoms with Gasteiger partial charge in [0.25, 0.3) is 0 Å². The molecule has 0 atom stereocenters. The van der Waals surface area contributed by atoms with Crippen molar-refractivity contribution >= 4 is 27.4 Å². The molecule has 0 spiro atoms. The Balaban J connectivity index is 1.41. The fraction of sp³-hybridized carbons (Fsp3) is 0.318. The van der Waals surface area contributed by atoms with E-state index in [1.807, 2.05) is 11.0 Å². The van der Waals surface area contributed by atoms with Gasteiger partial charge in [-0.25, -0.2) is 28.4 Å². The zero-order valence-corrected chi connectivity index (χ0v) is 18.1. The van der Waals surface area contributed by atoms with Gasteiger partial charge in [-0.05, 0) is 48.6 Å². The number of hydrogen-bond acceptors (Lipinski definition) is 9. The van der Waals surface area contributed by atoms with Crippen LogP contribution in [-0.4, -0.2) is 52.9 Å². The highest BCUT2D eigenvalue weighted by Gasteiger charge is 2.26. The number of nitrogens with zero attached hydrogens (tertiary/aromatic N) is 6. The summed E-state index contributed by atoms with van der Waals surface area (Å²) in [6.07, 6.45) is 7.34. The summed E-state index contributed by atoms with van der Waals surface area (Å²) in [6.45, 7) is 0.805. The van der Waals surface area contributed by atoms with Crippen molar-refractivity contribution in [2.45, 2.75) is 18.8 Å². The summed E-state index contributed by atoms with van der Waals surface area (Å²) in [4.78, 5) is 19.8. The van der Waals surface area contributed by atoms with Gasteiger partial charge in [-0.1, -0.05) is 0 Å². The van der Waals surface area contributed by atoms with Crippen LogP contribution in [0.5, 0.6) is 0 Å². The summed E-state index contributed by atoms with van der Waals surface area (Å²) >= 11 is 0. The van der Waals surface area contributed by atoms with E-state index >= 15 is 0 Å². The van der Waals surface area contributed by atoms with Crippen LogP contribution < -0.4 is 10.2 Å². The molecule has 2 fully saturated rings. The molecule has 162 valence electrons. The maximum Gasteiger partial charge on any atom is 0.225 e. The molecule has 1 aliphatic heterocycles. The van der Waals surface area contributed by atoms with Crippen LogP contribution in [0.4, 0.5) is 17.6 Å². The van der Waals surface area contributed by atoms with E-state index in [9.17, 15) is 8.42 Å². The number of hydrogen-bond donors (Lipinski definition) is 1. The van der Waals surface area contributed by atoms with Gasteiger partial charge in [0.15, 0.2) is 9.84 Å². The number of rotatable bonds is 5. The molecule has 4 heterocycles. The SMILES string of the molecule is N#Cc1ccnc(Nc2cc(C3CC3)cc(-c3cnc(N4CCS(=O)(=O)CC4)nc3)n2)c1. The first-order chi connectivity index (χ1) is 15.5. The fourth-order valence-electron chi connectivity index (χ4n) is 3.64. The third-order valence-electron chi connectivity index (χ3n) is 5.60. The first-order valence-electron chi connectivity index (χ1n) is 10.4. The number of sulfone groups is 1. The summed E-state index contributed by atoms with van der Waals surface area (Å²) in [7, 11) is -2.95. The summed E-state index contributed by atoms with van der Waals surface area (Å²) in [5.41, 5.74) is 3.25. The molecular formula is C22H21N7O2S. The summed E-state index contributed by atoms with van der Waals surface area (Å²) in [5.74, 6) is 2.50. The molecule has 3 aromatic heterocycles.